The molecule has 1 amide bonds. The van der Waals surface area contributed by atoms with Gasteiger partial charge in [-0.2, -0.15) is 0 Å². The van der Waals surface area contributed by atoms with Crippen LogP contribution in [0.3, 0.4) is 0 Å². The van der Waals surface area contributed by atoms with Crippen molar-refractivity contribution in [3.63, 3.8) is 0 Å². The second-order valence-electron chi connectivity index (χ2n) is 6.36. The van der Waals surface area contributed by atoms with Gasteiger partial charge in [0.25, 0.3) is 0 Å². The molecule has 4 nitrogen and oxygen atoms in total. The van der Waals surface area contributed by atoms with Gasteiger partial charge in [-0.3, -0.25) is 9.69 Å². The summed E-state index contributed by atoms with van der Waals surface area (Å²) in [6.07, 6.45) is 2.31. The van der Waals surface area contributed by atoms with E-state index in [4.69, 9.17) is 0 Å². The Kier molecular flexibility index (Phi) is 6.41. The highest BCUT2D eigenvalue weighted by molar-refractivity contribution is 7.11. The molecule has 5 heteroatoms. The van der Waals surface area contributed by atoms with Gasteiger partial charge < -0.3 is 10.2 Å². The molecule has 0 radical (unpaired) electrons. The molecule has 1 N–H and O–H groups in total. The largest absolute Gasteiger partial charge is 0.350 e. The number of piperidine rings is 1. The highest BCUT2D eigenvalue weighted by atomic mass is 32.1. The minimum atomic E-state index is 0.124. The summed E-state index contributed by atoms with van der Waals surface area (Å²) in [4.78, 5) is 19.4. The number of nitrogens with zero attached hydrogens (tertiary/aromatic N) is 2. The molecule has 0 bridgehead atoms. The summed E-state index contributed by atoms with van der Waals surface area (Å²) in [5.74, 6) is 0.124. The molecule has 1 saturated heterocycles. The van der Waals surface area contributed by atoms with Gasteiger partial charge in [0, 0.05) is 21.8 Å². The van der Waals surface area contributed by atoms with E-state index < -0.39 is 0 Å². The molecule has 0 unspecified atom stereocenters. The van der Waals surface area contributed by atoms with Gasteiger partial charge in [0.2, 0.25) is 5.91 Å². The van der Waals surface area contributed by atoms with Crippen molar-refractivity contribution in [2.75, 3.05) is 26.7 Å². The Hall–Kier alpha value is -0.910. The monoisotopic (exact) mass is 323 g/mol. The van der Waals surface area contributed by atoms with Gasteiger partial charge in [-0.15, -0.1) is 11.3 Å². The lowest BCUT2D eigenvalue weighted by molar-refractivity contribution is -0.122. The predicted molar refractivity (Wildman–Crippen MR) is 93.3 cm³/mol. The third-order valence-corrected chi connectivity index (χ3v) is 5.67. The topological polar surface area (TPSA) is 35.6 Å². The first kappa shape index (κ1) is 17.4. The van der Waals surface area contributed by atoms with E-state index in [1.165, 1.54) is 9.75 Å². The number of carbonyl (C=O) groups excluding carboxylic acids is 1. The van der Waals surface area contributed by atoms with Crippen molar-refractivity contribution >= 4 is 17.2 Å². The fraction of sp³-hybridized carbons (Fsp3) is 0.706. The normalized spacial score (nSPS) is 23.0. The standard InChI is InChI=1S/C17H29N3OS/c1-5-20-9-8-15(10-13(20)2)19(4)12-17(21)18-11-16-7-6-14(3)22-16/h6-7,13,15H,5,8-12H2,1-4H3,(H,18,21)/t13-,15+/m1/s1. The molecule has 0 aromatic carbocycles. The van der Waals surface area contributed by atoms with Gasteiger partial charge in [-0.25, -0.2) is 0 Å². The summed E-state index contributed by atoms with van der Waals surface area (Å²) in [5.41, 5.74) is 0. The molecule has 124 valence electrons. The molecule has 1 aromatic rings. The average Bonchev–Trinajstić information content (AvgIpc) is 2.90. The van der Waals surface area contributed by atoms with Crippen LogP contribution in [0.1, 0.15) is 36.4 Å². The first-order valence-electron chi connectivity index (χ1n) is 8.26. The van der Waals surface area contributed by atoms with Crippen molar-refractivity contribution in [1.82, 2.24) is 15.1 Å². The molecule has 1 aliphatic heterocycles. The predicted octanol–water partition coefficient (Wildman–Crippen LogP) is 2.48. The highest BCUT2D eigenvalue weighted by Gasteiger charge is 2.27. The van der Waals surface area contributed by atoms with Gasteiger partial charge in [-0.1, -0.05) is 6.92 Å². The van der Waals surface area contributed by atoms with E-state index in [9.17, 15) is 4.79 Å². The summed E-state index contributed by atoms with van der Waals surface area (Å²) in [6, 6.07) is 5.32. The maximum absolute atomic E-state index is 12.1. The van der Waals surface area contributed by atoms with Crippen LogP contribution in [0, 0.1) is 6.92 Å². The van der Waals surface area contributed by atoms with E-state index in [1.807, 2.05) is 0 Å². The van der Waals surface area contributed by atoms with E-state index in [2.05, 4.69) is 55.1 Å². The number of likely N-dealkylation sites (tertiary alicyclic amines) is 1. The number of rotatable bonds is 6. The van der Waals surface area contributed by atoms with Crippen LogP contribution in [0.25, 0.3) is 0 Å². The van der Waals surface area contributed by atoms with Crippen molar-refractivity contribution in [1.29, 1.82) is 0 Å². The molecular weight excluding hydrogens is 294 g/mol. The van der Waals surface area contributed by atoms with Crippen molar-refractivity contribution in [2.24, 2.45) is 0 Å². The second-order valence-corrected chi connectivity index (χ2v) is 7.73. The fourth-order valence-electron chi connectivity index (χ4n) is 3.24. The van der Waals surface area contributed by atoms with E-state index >= 15 is 0 Å². The van der Waals surface area contributed by atoms with Crippen LogP contribution in [0.15, 0.2) is 12.1 Å². The molecule has 0 aliphatic carbocycles. The smallest absolute Gasteiger partial charge is 0.234 e. The van der Waals surface area contributed by atoms with E-state index in [0.29, 0.717) is 25.2 Å². The van der Waals surface area contributed by atoms with Crippen LogP contribution in [0.4, 0.5) is 0 Å². The zero-order valence-electron chi connectivity index (χ0n) is 14.3. The summed E-state index contributed by atoms with van der Waals surface area (Å²) < 4.78 is 0. The molecule has 0 saturated carbocycles. The maximum atomic E-state index is 12.1. The fourth-order valence-corrected chi connectivity index (χ4v) is 4.07. The minimum absolute atomic E-state index is 0.124. The zero-order valence-corrected chi connectivity index (χ0v) is 15.1. The number of carbonyl (C=O) groups is 1. The van der Waals surface area contributed by atoms with Gasteiger partial charge >= 0.3 is 0 Å². The molecule has 1 fully saturated rings. The molecule has 1 aliphatic rings. The van der Waals surface area contributed by atoms with Crippen LogP contribution >= 0.6 is 11.3 Å². The number of likely N-dealkylation sites (N-methyl/N-ethyl adjacent to an activating group) is 1. The zero-order chi connectivity index (χ0) is 16.1. The lowest BCUT2D eigenvalue weighted by Gasteiger charge is -2.40. The molecule has 2 rings (SSSR count). The van der Waals surface area contributed by atoms with Crippen LogP contribution in [-0.4, -0.2) is 54.5 Å². The average molecular weight is 324 g/mol. The van der Waals surface area contributed by atoms with Crippen molar-refractivity contribution in [2.45, 2.75) is 52.2 Å². The molecule has 2 heterocycles. The number of hydrogen-bond acceptors (Lipinski definition) is 4. The van der Waals surface area contributed by atoms with E-state index in [1.54, 1.807) is 11.3 Å². The molecule has 1 aromatic heterocycles. The quantitative estimate of drug-likeness (QED) is 0.873. The van der Waals surface area contributed by atoms with Crippen LogP contribution in [0.2, 0.25) is 0 Å². The third-order valence-electron chi connectivity index (χ3n) is 4.66. The van der Waals surface area contributed by atoms with Crippen molar-refractivity contribution in [3.8, 4) is 0 Å². The molecule has 22 heavy (non-hydrogen) atoms. The van der Waals surface area contributed by atoms with Gasteiger partial charge in [0.1, 0.15) is 0 Å². The number of aryl methyl sites for hydroxylation is 1. The lowest BCUT2D eigenvalue weighted by atomic mass is 9.97. The molecular formula is C17H29N3OS. The highest BCUT2D eigenvalue weighted by Crippen LogP contribution is 2.20. The Morgan fingerprint density at radius 3 is 2.86 bits per heavy atom. The summed E-state index contributed by atoms with van der Waals surface area (Å²) in [7, 11) is 2.08. The van der Waals surface area contributed by atoms with E-state index in [-0.39, 0.29) is 5.91 Å². The maximum Gasteiger partial charge on any atom is 0.234 e. The Labute approximate surface area is 138 Å². The Morgan fingerprint density at radius 1 is 1.50 bits per heavy atom. The van der Waals surface area contributed by atoms with Crippen molar-refractivity contribution in [3.05, 3.63) is 21.9 Å². The lowest BCUT2D eigenvalue weighted by Crippen LogP contribution is -2.49. The number of amides is 1. The Morgan fingerprint density at radius 2 is 2.27 bits per heavy atom. The number of nitrogens with one attached hydrogen (secondary N) is 1. The van der Waals surface area contributed by atoms with Gasteiger partial charge in [-0.05, 0) is 59.0 Å². The minimum Gasteiger partial charge on any atom is -0.350 e. The summed E-state index contributed by atoms with van der Waals surface area (Å²) in [5, 5.41) is 3.03. The second kappa shape index (κ2) is 8.09. The Bertz CT molecular complexity index is 488. The SMILES string of the molecule is CCN1CC[C@H](N(C)CC(=O)NCc2ccc(C)s2)C[C@H]1C. The Balaban J connectivity index is 1.74. The van der Waals surface area contributed by atoms with Crippen LogP contribution in [-0.2, 0) is 11.3 Å². The van der Waals surface area contributed by atoms with Crippen LogP contribution < -0.4 is 5.32 Å². The first-order valence-corrected chi connectivity index (χ1v) is 9.07. The van der Waals surface area contributed by atoms with E-state index in [0.717, 1.165) is 25.9 Å². The number of thiophene rings is 1. The first-order chi connectivity index (χ1) is 10.5. The summed E-state index contributed by atoms with van der Waals surface area (Å²) in [6.45, 7) is 10.0. The molecule has 2 atom stereocenters. The number of hydrogen-bond donors (Lipinski definition) is 1. The molecule has 0 spiro atoms. The third kappa shape index (κ3) is 4.80. The van der Waals surface area contributed by atoms with Gasteiger partial charge in [0.15, 0.2) is 0 Å². The van der Waals surface area contributed by atoms with Gasteiger partial charge in [0.05, 0.1) is 13.1 Å². The van der Waals surface area contributed by atoms with Crippen molar-refractivity contribution < 1.29 is 4.79 Å². The van der Waals surface area contributed by atoms with Crippen LogP contribution in [0.5, 0.6) is 0 Å². The summed E-state index contributed by atoms with van der Waals surface area (Å²) >= 11 is 1.75.